The van der Waals surface area contributed by atoms with Gasteiger partial charge in [-0.05, 0) is 5.56 Å². The fourth-order valence-electron chi connectivity index (χ4n) is 1.33. The Labute approximate surface area is 71.9 Å². The molecule has 2 rings (SSSR count). The fourth-order valence-corrected chi connectivity index (χ4v) is 1.33. The molecule has 0 saturated carbocycles. The molecule has 1 aromatic carbocycles. The number of benzene rings is 1. The van der Waals surface area contributed by atoms with Crippen LogP contribution in [-0.4, -0.2) is 12.4 Å². The van der Waals surface area contributed by atoms with Crippen LogP contribution in [0.5, 0.6) is 0 Å². The monoisotopic (exact) mass is 161 g/mol. The van der Waals surface area contributed by atoms with Crippen LogP contribution in [0, 0.1) is 0 Å². The Morgan fingerprint density at radius 2 is 2.08 bits per heavy atom. The molecule has 0 fully saturated rings. The lowest BCUT2D eigenvalue weighted by Gasteiger charge is -2.09. The maximum absolute atomic E-state index is 5.50. The van der Waals surface area contributed by atoms with Crippen LogP contribution in [-0.2, 0) is 4.74 Å². The number of ether oxygens (including phenoxy) is 1. The maximum Gasteiger partial charge on any atom is 0.181 e. The molecule has 1 aliphatic rings. The summed E-state index contributed by atoms with van der Waals surface area (Å²) in [7, 11) is 0. The molecule has 1 aromatic rings. The number of rotatable bonds is 1. The van der Waals surface area contributed by atoms with Gasteiger partial charge in [-0.25, -0.2) is 0 Å². The van der Waals surface area contributed by atoms with Gasteiger partial charge in [0, 0.05) is 6.92 Å². The summed E-state index contributed by atoms with van der Waals surface area (Å²) in [6, 6.07) is 10.2. The summed E-state index contributed by atoms with van der Waals surface area (Å²) in [6.07, 6.45) is 0.145. The predicted octanol–water partition coefficient (Wildman–Crippen LogP) is 2.18. The van der Waals surface area contributed by atoms with E-state index < -0.39 is 0 Å². The third-order valence-corrected chi connectivity index (χ3v) is 1.96. The van der Waals surface area contributed by atoms with E-state index in [-0.39, 0.29) is 6.10 Å². The third-order valence-electron chi connectivity index (χ3n) is 1.96. The standard InChI is InChI=1S/C10H11NO/c1-8-11-7-10(12-8)9-5-3-2-4-6-9/h2-6,10H,7H2,1H3. The van der Waals surface area contributed by atoms with E-state index in [9.17, 15) is 0 Å². The first kappa shape index (κ1) is 7.35. The van der Waals surface area contributed by atoms with Crippen molar-refractivity contribution in [2.24, 2.45) is 4.99 Å². The molecule has 12 heavy (non-hydrogen) atoms. The number of aliphatic imine (C=N–C) groups is 1. The second-order valence-electron chi connectivity index (χ2n) is 2.88. The first-order valence-corrected chi connectivity index (χ1v) is 4.09. The van der Waals surface area contributed by atoms with Crippen LogP contribution < -0.4 is 0 Å². The molecule has 1 unspecified atom stereocenters. The van der Waals surface area contributed by atoms with Crippen molar-refractivity contribution in [3.05, 3.63) is 35.9 Å². The molecule has 0 spiro atoms. The zero-order chi connectivity index (χ0) is 8.39. The third kappa shape index (κ3) is 1.33. The Morgan fingerprint density at radius 1 is 1.33 bits per heavy atom. The molecule has 2 heteroatoms. The highest BCUT2D eigenvalue weighted by molar-refractivity contribution is 5.74. The largest absolute Gasteiger partial charge is 0.471 e. The van der Waals surface area contributed by atoms with Gasteiger partial charge in [0.15, 0.2) is 5.90 Å². The molecule has 2 nitrogen and oxygen atoms in total. The molecule has 1 heterocycles. The molecule has 0 amide bonds. The van der Waals surface area contributed by atoms with Gasteiger partial charge in [0.25, 0.3) is 0 Å². The lowest BCUT2D eigenvalue weighted by Crippen LogP contribution is -2.02. The van der Waals surface area contributed by atoms with Crippen LogP contribution >= 0.6 is 0 Å². The van der Waals surface area contributed by atoms with Crippen LogP contribution in [0.1, 0.15) is 18.6 Å². The van der Waals surface area contributed by atoms with E-state index >= 15 is 0 Å². The molecule has 0 saturated heterocycles. The first-order valence-electron chi connectivity index (χ1n) is 4.09. The maximum atomic E-state index is 5.50. The average Bonchev–Trinajstić information content (AvgIpc) is 2.54. The minimum atomic E-state index is 0.145. The summed E-state index contributed by atoms with van der Waals surface area (Å²) < 4.78 is 5.50. The second-order valence-corrected chi connectivity index (χ2v) is 2.88. The van der Waals surface area contributed by atoms with Gasteiger partial charge >= 0.3 is 0 Å². The van der Waals surface area contributed by atoms with Crippen LogP contribution in [0.25, 0.3) is 0 Å². The fraction of sp³-hybridized carbons (Fsp3) is 0.300. The summed E-state index contributed by atoms with van der Waals surface area (Å²) in [5.41, 5.74) is 1.21. The van der Waals surface area contributed by atoms with Gasteiger partial charge < -0.3 is 4.74 Å². The van der Waals surface area contributed by atoms with Crippen LogP contribution in [0.2, 0.25) is 0 Å². The average molecular weight is 161 g/mol. The Morgan fingerprint density at radius 3 is 2.67 bits per heavy atom. The van der Waals surface area contributed by atoms with Crippen LogP contribution in [0.4, 0.5) is 0 Å². The molecular weight excluding hydrogens is 150 g/mol. The Hall–Kier alpha value is -1.31. The highest BCUT2D eigenvalue weighted by atomic mass is 16.5. The van der Waals surface area contributed by atoms with Crippen molar-refractivity contribution in [2.75, 3.05) is 6.54 Å². The molecule has 1 atom stereocenters. The lowest BCUT2D eigenvalue weighted by molar-refractivity contribution is 0.228. The van der Waals surface area contributed by atoms with E-state index in [1.165, 1.54) is 5.56 Å². The normalized spacial score (nSPS) is 21.8. The van der Waals surface area contributed by atoms with Crippen LogP contribution in [0.15, 0.2) is 35.3 Å². The van der Waals surface area contributed by atoms with Crippen molar-refractivity contribution in [1.82, 2.24) is 0 Å². The zero-order valence-electron chi connectivity index (χ0n) is 7.03. The van der Waals surface area contributed by atoms with E-state index in [2.05, 4.69) is 17.1 Å². The van der Waals surface area contributed by atoms with Crippen LogP contribution in [0.3, 0.4) is 0 Å². The Kier molecular flexibility index (Phi) is 1.82. The van der Waals surface area contributed by atoms with E-state index in [0.29, 0.717) is 0 Å². The SMILES string of the molecule is CC1=NCC(c2ccccc2)O1. The van der Waals surface area contributed by atoms with Gasteiger partial charge in [0.1, 0.15) is 6.10 Å². The van der Waals surface area contributed by atoms with Gasteiger partial charge in [0.2, 0.25) is 0 Å². The summed E-state index contributed by atoms with van der Waals surface area (Å²) in [6.45, 7) is 2.65. The van der Waals surface area contributed by atoms with Gasteiger partial charge in [-0.2, -0.15) is 0 Å². The van der Waals surface area contributed by atoms with E-state index in [1.807, 2.05) is 25.1 Å². The molecule has 0 N–H and O–H groups in total. The van der Waals surface area contributed by atoms with Crippen molar-refractivity contribution < 1.29 is 4.74 Å². The quantitative estimate of drug-likeness (QED) is 0.618. The highest BCUT2D eigenvalue weighted by Crippen LogP contribution is 2.21. The predicted molar refractivity (Wildman–Crippen MR) is 48.2 cm³/mol. The molecule has 62 valence electrons. The van der Waals surface area contributed by atoms with Gasteiger partial charge in [-0.3, -0.25) is 4.99 Å². The second kappa shape index (κ2) is 2.97. The first-order chi connectivity index (χ1) is 5.86. The van der Waals surface area contributed by atoms with E-state index in [0.717, 1.165) is 12.4 Å². The summed E-state index contributed by atoms with van der Waals surface area (Å²) in [5.74, 6) is 0.795. The smallest absolute Gasteiger partial charge is 0.181 e. The minimum absolute atomic E-state index is 0.145. The Balaban J connectivity index is 2.14. The molecule has 0 bridgehead atoms. The summed E-state index contributed by atoms with van der Waals surface area (Å²) in [4.78, 5) is 4.19. The molecule has 0 radical (unpaired) electrons. The highest BCUT2D eigenvalue weighted by Gasteiger charge is 2.17. The minimum Gasteiger partial charge on any atom is -0.471 e. The van der Waals surface area contributed by atoms with Gasteiger partial charge in [-0.1, -0.05) is 30.3 Å². The van der Waals surface area contributed by atoms with Crippen molar-refractivity contribution in [2.45, 2.75) is 13.0 Å². The number of nitrogens with zero attached hydrogens (tertiary/aromatic N) is 1. The molecule has 1 aliphatic heterocycles. The van der Waals surface area contributed by atoms with Gasteiger partial charge in [-0.15, -0.1) is 0 Å². The summed E-state index contributed by atoms with van der Waals surface area (Å²) >= 11 is 0. The van der Waals surface area contributed by atoms with E-state index in [4.69, 9.17) is 4.74 Å². The van der Waals surface area contributed by atoms with E-state index in [1.54, 1.807) is 0 Å². The van der Waals surface area contributed by atoms with Crippen molar-refractivity contribution >= 4 is 5.90 Å². The summed E-state index contributed by atoms with van der Waals surface area (Å²) in [5, 5.41) is 0. The van der Waals surface area contributed by atoms with Crippen molar-refractivity contribution in [3.63, 3.8) is 0 Å². The van der Waals surface area contributed by atoms with Crippen molar-refractivity contribution in [3.8, 4) is 0 Å². The molecule has 0 aliphatic carbocycles. The van der Waals surface area contributed by atoms with Gasteiger partial charge in [0.05, 0.1) is 6.54 Å². The zero-order valence-corrected chi connectivity index (χ0v) is 7.03. The van der Waals surface area contributed by atoms with Crippen molar-refractivity contribution in [1.29, 1.82) is 0 Å². The number of hydrogen-bond donors (Lipinski definition) is 0. The lowest BCUT2D eigenvalue weighted by atomic mass is 10.1. The molecule has 0 aromatic heterocycles. The topological polar surface area (TPSA) is 21.6 Å². The molecular formula is C10H11NO. The Bertz CT molecular complexity index is 292. The number of hydrogen-bond acceptors (Lipinski definition) is 2.